The summed E-state index contributed by atoms with van der Waals surface area (Å²) in [5.74, 6) is 1.29. The van der Waals surface area contributed by atoms with Crippen molar-refractivity contribution >= 4 is 23.3 Å². The number of nitrogens with zero attached hydrogens (tertiary/aromatic N) is 4. The Morgan fingerprint density at radius 3 is 2.59 bits per heavy atom. The number of urea groups is 1. The minimum absolute atomic E-state index is 0.269. The highest BCUT2D eigenvalue weighted by molar-refractivity contribution is 6.30. The Labute approximate surface area is 188 Å². The summed E-state index contributed by atoms with van der Waals surface area (Å²) in [5.41, 5.74) is -0.160. The van der Waals surface area contributed by atoms with Gasteiger partial charge in [0.1, 0.15) is 5.82 Å². The van der Waals surface area contributed by atoms with Crippen LogP contribution in [0.5, 0.6) is 0 Å². The molecule has 0 saturated carbocycles. The number of rotatable bonds is 4. The van der Waals surface area contributed by atoms with Crippen LogP contribution in [0.1, 0.15) is 41.7 Å². The molecule has 3 aromatic rings. The van der Waals surface area contributed by atoms with E-state index in [1.165, 1.54) is 23.1 Å². The average molecular weight is 464 g/mol. The van der Waals surface area contributed by atoms with E-state index in [4.69, 9.17) is 11.6 Å². The maximum absolute atomic E-state index is 13.3. The summed E-state index contributed by atoms with van der Waals surface area (Å²) in [5, 5.41) is 11.5. The van der Waals surface area contributed by atoms with Crippen molar-refractivity contribution in [2.24, 2.45) is 0 Å². The molecule has 6 nitrogen and oxygen atoms in total. The monoisotopic (exact) mass is 463 g/mol. The number of benzene rings is 2. The Morgan fingerprint density at radius 1 is 1.16 bits per heavy atom. The molecule has 2 heterocycles. The molecule has 1 saturated heterocycles. The number of aromatic nitrogens is 3. The molecule has 168 valence electrons. The molecule has 0 bridgehead atoms. The number of carbonyl (C=O) groups is 1. The number of aryl methyl sites for hydroxylation is 1. The minimum atomic E-state index is -4.57. The third-order valence-corrected chi connectivity index (χ3v) is 5.76. The van der Waals surface area contributed by atoms with Gasteiger partial charge >= 0.3 is 12.2 Å². The Balaban J connectivity index is 1.57. The summed E-state index contributed by atoms with van der Waals surface area (Å²) >= 11 is 5.97. The number of amides is 2. The van der Waals surface area contributed by atoms with Crippen molar-refractivity contribution in [2.75, 3.05) is 11.9 Å². The van der Waals surface area contributed by atoms with Gasteiger partial charge in [0.15, 0.2) is 5.82 Å². The second kappa shape index (κ2) is 8.82. The number of para-hydroxylation sites is 1. The number of nitrogens with one attached hydrogen (secondary N) is 1. The van der Waals surface area contributed by atoms with Crippen molar-refractivity contribution in [3.8, 4) is 0 Å². The molecule has 32 heavy (non-hydrogen) atoms. The van der Waals surface area contributed by atoms with Gasteiger partial charge in [-0.1, -0.05) is 35.9 Å². The highest BCUT2D eigenvalue weighted by Gasteiger charge is 2.37. The van der Waals surface area contributed by atoms with Gasteiger partial charge in [-0.05, 0) is 49.6 Å². The van der Waals surface area contributed by atoms with Crippen LogP contribution in [0.4, 0.5) is 23.7 Å². The lowest BCUT2D eigenvalue weighted by Crippen LogP contribution is -2.36. The van der Waals surface area contributed by atoms with Crippen molar-refractivity contribution < 1.29 is 18.0 Å². The molecule has 1 aliphatic heterocycles. The number of halogens is 4. The first kappa shape index (κ1) is 22.1. The first-order chi connectivity index (χ1) is 15.2. The van der Waals surface area contributed by atoms with E-state index in [1.54, 1.807) is 12.1 Å². The van der Waals surface area contributed by atoms with Crippen LogP contribution in [-0.2, 0) is 12.7 Å². The summed E-state index contributed by atoms with van der Waals surface area (Å²) in [6.45, 7) is 2.73. The van der Waals surface area contributed by atoms with Crippen LogP contribution in [0.15, 0.2) is 48.5 Å². The fourth-order valence-corrected chi connectivity index (χ4v) is 4.04. The standard InChI is InChI=1S/C22H21ClF3N5O/c1-14-28-29-20(31(14)13-15-8-10-16(23)11-9-15)19-7-4-12-30(19)21(32)27-18-6-3-2-5-17(18)22(24,25)26/h2-3,5-6,8-11,19H,4,7,12-13H2,1H3,(H,27,32). The SMILES string of the molecule is Cc1nnc(C2CCCN2C(=O)Nc2ccccc2C(F)(F)F)n1Cc1ccc(Cl)cc1. The van der Waals surface area contributed by atoms with Crippen LogP contribution < -0.4 is 5.32 Å². The third kappa shape index (κ3) is 4.57. The third-order valence-electron chi connectivity index (χ3n) is 5.50. The van der Waals surface area contributed by atoms with E-state index in [2.05, 4.69) is 15.5 Å². The second-order valence-corrected chi connectivity index (χ2v) is 8.08. The fourth-order valence-electron chi connectivity index (χ4n) is 3.92. The first-order valence-corrected chi connectivity index (χ1v) is 10.5. The minimum Gasteiger partial charge on any atom is -0.314 e. The molecule has 4 rings (SSSR count). The van der Waals surface area contributed by atoms with Gasteiger partial charge in [0, 0.05) is 11.6 Å². The fraction of sp³-hybridized carbons (Fsp3) is 0.318. The number of carbonyl (C=O) groups excluding carboxylic acids is 1. The molecule has 1 atom stereocenters. The van der Waals surface area contributed by atoms with Gasteiger partial charge in [0.05, 0.1) is 23.8 Å². The second-order valence-electron chi connectivity index (χ2n) is 7.64. The van der Waals surface area contributed by atoms with E-state index in [0.717, 1.165) is 11.6 Å². The van der Waals surface area contributed by atoms with Gasteiger partial charge in [0.25, 0.3) is 0 Å². The van der Waals surface area contributed by atoms with Crippen LogP contribution in [0.25, 0.3) is 0 Å². The summed E-state index contributed by atoms with van der Waals surface area (Å²) in [4.78, 5) is 14.5. The van der Waals surface area contributed by atoms with Gasteiger partial charge in [-0.15, -0.1) is 10.2 Å². The zero-order valence-corrected chi connectivity index (χ0v) is 18.0. The Kier molecular flexibility index (Phi) is 6.10. The van der Waals surface area contributed by atoms with Crippen LogP contribution in [0, 0.1) is 6.92 Å². The lowest BCUT2D eigenvalue weighted by molar-refractivity contribution is -0.136. The lowest BCUT2D eigenvalue weighted by atomic mass is 10.1. The van der Waals surface area contributed by atoms with Gasteiger partial charge < -0.3 is 14.8 Å². The average Bonchev–Trinajstić information content (AvgIpc) is 3.36. The molecule has 0 aliphatic carbocycles. The maximum Gasteiger partial charge on any atom is 0.418 e. The zero-order valence-electron chi connectivity index (χ0n) is 17.2. The first-order valence-electron chi connectivity index (χ1n) is 10.1. The van der Waals surface area contributed by atoms with Crippen molar-refractivity contribution in [1.29, 1.82) is 0 Å². The summed E-state index contributed by atoms with van der Waals surface area (Å²) in [6.07, 6.45) is -3.21. The van der Waals surface area contributed by atoms with Crippen molar-refractivity contribution in [3.05, 3.63) is 76.3 Å². The smallest absolute Gasteiger partial charge is 0.314 e. The highest BCUT2D eigenvalue weighted by atomic mass is 35.5. The molecule has 2 amide bonds. The highest BCUT2D eigenvalue weighted by Crippen LogP contribution is 2.36. The quantitative estimate of drug-likeness (QED) is 0.541. The summed E-state index contributed by atoms with van der Waals surface area (Å²) in [7, 11) is 0. The Hall–Kier alpha value is -3.07. The molecule has 2 aromatic carbocycles. The predicted octanol–water partition coefficient (Wildman–Crippen LogP) is 5.68. The summed E-state index contributed by atoms with van der Waals surface area (Å²) in [6, 6.07) is 11.4. The Bertz CT molecular complexity index is 1110. The molecular formula is C22H21ClF3N5O. The van der Waals surface area contributed by atoms with E-state index in [1.807, 2.05) is 23.6 Å². The van der Waals surface area contributed by atoms with Crippen molar-refractivity contribution in [3.63, 3.8) is 0 Å². The molecule has 0 spiro atoms. The van der Waals surface area contributed by atoms with Crippen LogP contribution >= 0.6 is 11.6 Å². The van der Waals surface area contributed by atoms with Crippen LogP contribution in [0.2, 0.25) is 5.02 Å². The predicted molar refractivity (Wildman–Crippen MR) is 114 cm³/mol. The molecule has 0 radical (unpaired) electrons. The molecule has 1 aliphatic rings. The zero-order chi connectivity index (χ0) is 22.9. The largest absolute Gasteiger partial charge is 0.418 e. The number of hydrogen-bond donors (Lipinski definition) is 1. The molecule has 1 fully saturated rings. The van der Waals surface area contributed by atoms with Crippen LogP contribution in [-0.4, -0.2) is 32.2 Å². The molecule has 1 N–H and O–H groups in total. The molecular weight excluding hydrogens is 443 g/mol. The van der Waals surface area contributed by atoms with Gasteiger partial charge in [-0.2, -0.15) is 13.2 Å². The topological polar surface area (TPSA) is 63.1 Å². The molecule has 1 aromatic heterocycles. The van der Waals surface area contributed by atoms with E-state index >= 15 is 0 Å². The number of anilines is 1. The summed E-state index contributed by atoms with van der Waals surface area (Å²) < 4.78 is 41.9. The normalized spacial score (nSPS) is 16.4. The van der Waals surface area contributed by atoms with Crippen LogP contribution in [0.3, 0.4) is 0 Å². The van der Waals surface area contributed by atoms with E-state index < -0.39 is 17.8 Å². The van der Waals surface area contributed by atoms with Crippen molar-refractivity contribution in [2.45, 2.75) is 38.5 Å². The van der Waals surface area contributed by atoms with E-state index in [-0.39, 0.29) is 11.7 Å². The molecule has 10 heteroatoms. The number of likely N-dealkylation sites (tertiary alicyclic amines) is 1. The van der Waals surface area contributed by atoms with Gasteiger partial charge in [-0.25, -0.2) is 4.79 Å². The van der Waals surface area contributed by atoms with Crippen molar-refractivity contribution in [1.82, 2.24) is 19.7 Å². The number of hydrogen-bond acceptors (Lipinski definition) is 3. The number of alkyl halides is 3. The maximum atomic E-state index is 13.3. The van der Waals surface area contributed by atoms with Gasteiger partial charge in [0.2, 0.25) is 0 Å². The van der Waals surface area contributed by atoms with E-state index in [9.17, 15) is 18.0 Å². The lowest BCUT2D eigenvalue weighted by Gasteiger charge is -2.26. The van der Waals surface area contributed by atoms with E-state index in [0.29, 0.717) is 42.6 Å². The molecule has 1 unspecified atom stereocenters. The Morgan fingerprint density at radius 2 is 1.88 bits per heavy atom. The van der Waals surface area contributed by atoms with Gasteiger partial charge in [-0.3, -0.25) is 0 Å².